The smallest absolute Gasteiger partial charge is 0.411 e. The second-order valence-corrected chi connectivity index (χ2v) is 12.2. The maximum absolute atomic E-state index is 13.2. The quantitative estimate of drug-likeness (QED) is 0.356. The summed E-state index contributed by atoms with van der Waals surface area (Å²) in [6, 6.07) is 13.3. The van der Waals surface area contributed by atoms with Crippen molar-refractivity contribution in [2.45, 2.75) is 65.2 Å². The number of carbonyl (C=O) groups is 2. The molecule has 210 valence electrons. The molecule has 1 atom stereocenters. The summed E-state index contributed by atoms with van der Waals surface area (Å²) in [5.74, 6) is 0.367. The fourth-order valence-electron chi connectivity index (χ4n) is 4.62. The lowest BCUT2D eigenvalue weighted by molar-refractivity contribution is -0.130. The Hall–Kier alpha value is -3.97. The first kappa shape index (κ1) is 29.0. The normalized spacial score (nSPS) is 14.4. The van der Waals surface area contributed by atoms with E-state index in [9.17, 15) is 14.9 Å². The van der Waals surface area contributed by atoms with Crippen LogP contribution >= 0.6 is 11.3 Å². The summed E-state index contributed by atoms with van der Waals surface area (Å²) in [7, 11) is 3.35. The summed E-state index contributed by atoms with van der Waals surface area (Å²) >= 11 is 1.44. The first-order valence-corrected chi connectivity index (χ1v) is 14.1. The van der Waals surface area contributed by atoms with Crippen LogP contribution in [0.2, 0.25) is 0 Å². The number of fused-ring (bicyclic) bond motifs is 1. The molecule has 40 heavy (non-hydrogen) atoms. The SMILES string of the molecule is CC(C)Oc1ccc(-c2nnc(-c3cccc4c3CC[C@@H]4N(CC(=O)N(C)C)C(=O)OC(C)(C)C)s2)cc1C#N. The van der Waals surface area contributed by atoms with Crippen molar-refractivity contribution in [3.8, 4) is 33.0 Å². The second-order valence-electron chi connectivity index (χ2n) is 11.2. The topological polar surface area (TPSA) is 109 Å². The zero-order chi connectivity index (χ0) is 29.2. The van der Waals surface area contributed by atoms with Crippen LogP contribution in [-0.2, 0) is 16.0 Å². The molecule has 0 saturated carbocycles. The lowest BCUT2D eigenvalue weighted by Crippen LogP contribution is -2.44. The van der Waals surface area contributed by atoms with Gasteiger partial charge < -0.3 is 14.4 Å². The molecule has 0 aliphatic heterocycles. The summed E-state index contributed by atoms with van der Waals surface area (Å²) in [5, 5.41) is 20.0. The van der Waals surface area contributed by atoms with E-state index in [1.807, 2.05) is 58.9 Å². The number of nitriles is 1. The molecule has 0 N–H and O–H groups in total. The van der Waals surface area contributed by atoms with Gasteiger partial charge in [-0.3, -0.25) is 9.69 Å². The lowest BCUT2D eigenvalue weighted by Gasteiger charge is -2.32. The third kappa shape index (κ3) is 6.42. The molecule has 1 heterocycles. The molecule has 0 radical (unpaired) electrons. The van der Waals surface area contributed by atoms with Crippen molar-refractivity contribution in [1.29, 1.82) is 5.26 Å². The fourth-order valence-corrected chi connectivity index (χ4v) is 5.51. The number of hydrogen-bond acceptors (Lipinski definition) is 8. The van der Waals surface area contributed by atoms with Crippen LogP contribution < -0.4 is 4.74 Å². The van der Waals surface area contributed by atoms with Crippen molar-refractivity contribution >= 4 is 23.3 Å². The molecule has 0 bridgehead atoms. The lowest BCUT2D eigenvalue weighted by atomic mass is 10.0. The van der Waals surface area contributed by atoms with E-state index >= 15 is 0 Å². The average molecular weight is 562 g/mol. The van der Waals surface area contributed by atoms with Crippen LogP contribution in [0.5, 0.6) is 5.75 Å². The van der Waals surface area contributed by atoms with Crippen molar-refractivity contribution in [2.75, 3.05) is 20.6 Å². The van der Waals surface area contributed by atoms with E-state index in [0.29, 0.717) is 22.7 Å². The number of amides is 2. The number of benzene rings is 2. The molecular formula is C30H35N5O4S. The summed E-state index contributed by atoms with van der Waals surface area (Å²) < 4.78 is 11.4. The van der Waals surface area contributed by atoms with E-state index in [0.717, 1.165) is 33.7 Å². The Morgan fingerprint density at radius 3 is 2.52 bits per heavy atom. The highest BCUT2D eigenvalue weighted by atomic mass is 32.1. The minimum absolute atomic E-state index is 0.0395. The van der Waals surface area contributed by atoms with Gasteiger partial charge in [-0.1, -0.05) is 29.5 Å². The van der Waals surface area contributed by atoms with Crippen LogP contribution in [0.25, 0.3) is 21.1 Å². The monoisotopic (exact) mass is 561 g/mol. The zero-order valence-corrected chi connectivity index (χ0v) is 24.8. The fraction of sp³-hybridized carbons (Fsp3) is 0.433. The van der Waals surface area contributed by atoms with Gasteiger partial charge in [0.05, 0.1) is 17.7 Å². The third-order valence-corrected chi connectivity index (χ3v) is 7.42. The first-order chi connectivity index (χ1) is 18.9. The average Bonchev–Trinajstić information content (AvgIpc) is 3.53. The standard InChI is InChI=1S/C30H35N5O4S/c1-18(2)38-25-14-11-19(15-20(25)16-31)27-32-33-28(40-27)23-10-8-9-22-21(23)12-13-24(22)35(17-26(36)34(6)7)29(37)39-30(3,4)5/h8-11,14-15,18,24H,12-13,17H2,1-7H3/t24-/m0/s1. The van der Waals surface area contributed by atoms with Gasteiger partial charge in [0.2, 0.25) is 5.91 Å². The van der Waals surface area contributed by atoms with Crippen molar-refractivity contribution in [3.63, 3.8) is 0 Å². The van der Waals surface area contributed by atoms with Crippen molar-refractivity contribution < 1.29 is 19.1 Å². The molecule has 2 aromatic carbocycles. The first-order valence-electron chi connectivity index (χ1n) is 13.2. The van der Waals surface area contributed by atoms with Gasteiger partial charge in [-0.15, -0.1) is 10.2 Å². The van der Waals surface area contributed by atoms with E-state index in [1.54, 1.807) is 31.1 Å². The van der Waals surface area contributed by atoms with Crippen LogP contribution in [-0.4, -0.2) is 64.3 Å². The van der Waals surface area contributed by atoms with Gasteiger partial charge in [0.1, 0.15) is 34.0 Å². The Bertz CT molecular complexity index is 1450. The molecule has 1 aliphatic rings. The summed E-state index contributed by atoms with van der Waals surface area (Å²) in [5.41, 5.74) is 3.56. The molecular weight excluding hydrogens is 526 g/mol. The second kappa shape index (κ2) is 11.6. The van der Waals surface area contributed by atoms with Crippen LogP contribution in [0, 0.1) is 11.3 Å². The van der Waals surface area contributed by atoms with Crippen molar-refractivity contribution in [1.82, 2.24) is 20.0 Å². The van der Waals surface area contributed by atoms with Gasteiger partial charge in [-0.05, 0) is 76.8 Å². The highest BCUT2D eigenvalue weighted by Crippen LogP contribution is 2.43. The number of carbonyl (C=O) groups excluding carboxylic acids is 2. The van der Waals surface area contributed by atoms with Gasteiger partial charge in [0.15, 0.2) is 0 Å². The summed E-state index contributed by atoms with van der Waals surface area (Å²) in [6.07, 6.45) is 0.839. The van der Waals surface area contributed by atoms with E-state index in [-0.39, 0.29) is 24.6 Å². The Morgan fingerprint density at radius 2 is 1.88 bits per heavy atom. The maximum atomic E-state index is 13.2. The minimum Gasteiger partial charge on any atom is -0.490 e. The minimum atomic E-state index is -0.687. The Labute approximate surface area is 239 Å². The molecule has 0 saturated heterocycles. The van der Waals surface area contributed by atoms with Crippen molar-refractivity contribution in [3.05, 3.63) is 53.1 Å². The Kier molecular flexibility index (Phi) is 8.45. The van der Waals surface area contributed by atoms with Gasteiger partial charge in [-0.25, -0.2) is 4.79 Å². The Balaban J connectivity index is 1.66. The third-order valence-electron chi connectivity index (χ3n) is 6.41. The van der Waals surface area contributed by atoms with E-state index in [4.69, 9.17) is 9.47 Å². The van der Waals surface area contributed by atoms with Crippen LogP contribution in [0.1, 0.15) is 63.8 Å². The Morgan fingerprint density at radius 1 is 1.15 bits per heavy atom. The van der Waals surface area contributed by atoms with Gasteiger partial charge in [0, 0.05) is 25.2 Å². The number of rotatable bonds is 7. The molecule has 0 unspecified atom stereocenters. The van der Waals surface area contributed by atoms with Crippen molar-refractivity contribution in [2.24, 2.45) is 0 Å². The number of hydrogen-bond donors (Lipinski definition) is 0. The van der Waals surface area contributed by atoms with E-state index in [2.05, 4.69) is 16.3 Å². The largest absolute Gasteiger partial charge is 0.490 e. The molecule has 0 spiro atoms. The predicted octanol–water partition coefficient (Wildman–Crippen LogP) is 5.84. The number of aromatic nitrogens is 2. The molecule has 1 aliphatic carbocycles. The number of ether oxygens (including phenoxy) is 2. The van der Waals surface area contributed by atoms with Crippen LogP contribution in [0.15, 0.2) is 36.4 Å². The highest BCUT2D eigenvalue weighted by Gasteiger charge is 2.36. The van der Waals surface area contributed by atoms with E-state index < -0.39 is 11.7 Å². The van der Waals surface area contributed by atoms with Gasteiger partial charge >= 0.3 is 6.09 Å². The highest BCUT2D eigenvalue weighted by molar-refractivity contribution is 7.17. The molecule has 10 heteroatoms. The van der Waals surface area contributed by atoms with E-state index in [1.165, 1.54) is 16.2 Å². The molecule has 9 nitrogen and oxygen atoms in total. The number of nitrogens with zero attached hydrogens (tertiary/aromatic N) is 5. The molecule has 1 aromatic heterocycles. The zero-order valence-electron chi connectivity index (χ0n) is 24.0. The maximum Gasteiger partial charge on any atom is 0.411 e. The molecule has 3 aromatic rings. The van der Waals surface area contributed by atoms with Crippen LogP contribution in [0.3, 0.4) is 0 Å². The van der Waals surface area contributed by atoms with Gasteiger partial charge in [0.25, 0.3) is 0 Å². The molecule has 4 rings (SSSR count). The predicted molar refractivity (Wildman–Crippen MR) is 154 cm³/mol. The van der Waals surface area contributed by atoms with Gasteiger partial charge in [-0.2, -0.15) is 5.26 Å². The molecule has 0 fully saturated rings. The number of likely N-dealkylation sites (N-methyl/N-ethyl adjacent to an activating group) is 1. The summed E-state index contributed by atoms with van der Waals surface area (Å²) in [4.78, 5) is 28.9. The molecule has 2 amide bonds. The van der Waals surface area contributed by atoms with Crippen LogP contribution in [0.4, 0.5) is 4.79 Å². The summed E-state index contributed by atoms with van der Waals surface area (Å²) in [6.45, 7) is 9.21.